The number of benzene rings is 1. The number of halogens is 1. The van der Waals surface area contributed by atoms with E-state index in [-0.39, 0.29) is 11.3 Å². The molecule has 4 nitrogen and oxygen atoms in total. The second-order valence-corrected chi connectivity index (χ2v) is 6.02. The van der Waals surface area contributed by atoms with E-state index in [0.717, 1.165) is 23.8 Å². The van der Waals surface area contributed by atoms with Gasteiger partial charge in [0, 0.05) is 0 Å². The Balaban J connectivity index is 3.27. The van der Waals surface area contributed by atoms with Crippen LogP contribution < -0.4 is 0 Å². The highest BCUT2D eigenvalue weighted by Crippen LogP contribution is 2.18. The van der Waals surface area contributed by atoms with Gasteiger partial charge in [-0.3, -0.25) is 0 Å². The second kappa shape index (κ2) is 5.30. The maximum absolute atomic E-state index is 13.5. The molecule has 0 fully saturated rings. The summed E-state index contributed by atoms with van der Waals surface area (Å²) in [5.41, 5.74) is 0.528. The molecule has 0 bridgehead atoms. The van der Waals surface area contributed by atoms with E-state index in [1.54, 1.807) is 13.8 Å². The van der Waals surface area contributed by atoms with Crippen molar-refractivity contribution in [1.82, 2.24) is 0 Å². The molecular weight excluding hydrogens is 259 g/mol. The average molecular weight is 272 g/mol. The van der Waals surface area contributed by atoms with Gasteiger partial charge in [0.25, 0.3) is 0 Å². The Labute approximate surface area is 105 Å². The van der Waals surface area contributed by atoms with Gasteiger partial charge in [-0.1, -0.05) is 11.6 Å². The fourth-order valence-electron chi connectivity index (χ4n) is 1.24. The summed E-state index contributed by atoms with van der Waals surface area (Å²) in [6.07, 6.45) is 1.45. The summed E-state index contributed by atoms with van der Waals surface area (Å²) in [5, 5.41) is 8.75. The Morgan fingerprint density at radius 1 is 1.39 bits per heavy atom. The van der Waals surface area contributed by atoms with Crippen LogP contribution in [0.15, 0.2) is 34.7 Å². The molecule has 18 heavy (non-hydrogen) atoms. The van der Waals surface area contributed by atoms with E-state index in [2.05, 4.69) is 0 Å². The van der Waals surface area contributed by atoms with Crippen molar-refractivity contribution >= 4 is 15.8 Å². The molecular formula is C12H13FO4S. The lowest BCUT2D eigenvalue weighted by Crippen LogP contribution is -2.09. The molecule has 98 valence electrons. The van der Waals surface area contributed by atoms with Gasteiger partial charge in [-0.15, -0.1) is 0 Å². The maximum atomic E-state index is 13.5. The molecule has 0 heterocycles. The van der Waals surface area contributed by atoms with Gasteiger partial charge in [-0.2, -0.15) is 0 Å². The summed E-state index contributed by atoms with van der Waals surface area (Å²) in [4.78, 5) is 10.1. The number of hydrogen-bond acceptors (Lipinski definition) is 3. The zero-order valence-electron chi connectivity index (χ0n) is 9.97. The number of hydrogen-bond donors (Lipinski definition) is 1. The van der Waals surface area contributed by atoms with Crippen LogP contribution in [0.3, 0.4) is 0 Å². The molecule has 1 aromatic carbocycles. The van der Waals surface area contributed by atoms with E-state index in [4.69, 9.17) is 5.11 Å². The van der Waals surface area contributed by atoms with Crippen LogP contribution in [0.4, 0.5) is 4.39 Å². The van der Waals surface area contributed by atoms with Crippen LogP contribution in [0, 0.1) is 5.82 Å². The van der Waals surface area contributed by atoms with Crippen molar-refractivity contribution < 1.29 is 22.7 Å². The Morgan fingerprint density at radius 3 is 2.50 bits per heavy atom. The monoisotopic (exact) mass is 272 g/mol. The normalized spacial score (nSPS) is 11.1. The fraction of sp³-hybridized carbons (Fsp3) is 0.250. The molecule has 1 aromatic rings. The third-order valence-corrected chi connectivity index (χ3v) is 3.81. The van der Waals surface area contributed by atoms with Crippen LogP contribution >= 0.6 is 0 Å². The van der Waals surface area contributed by atoms with Gasteiger partial charge in [0.05, 0.1) is 11.3 Å². The molecule has 0 saturated carbocycles. The van der Waals surface area contributed by atoms with Gasteiger partial charge in [0.15, 0.2) is 9.84 Å². The molecule has 1 N–H and O–H groups in total. The lowest BCUT2D eigenvalue weighted by Gasteiger charge is -2.05. The minimum absolute atomic E-state index is 0.257. The smallest absolute Gasteiger partial charge is 0.335 e. The van der Waals surface area contributed by atoms with Crippen molar-refractivity contribution in [2.75, 3.05) is 5.75 Å². The van der Waals surface area contributed by atoms with Crippen LogP contribution in [0.25, 0.3) is 0 Å². The number of carbonyl (C=O) groups is 1. The maximum Gasteiger partial charge on any atom is 0.335 e. The lowest BCUT2D eigenvalue weighted by atomic mass is 10.2. The van der Waals surface area contributed by atoms with Crippen LogP contribution in [0.5, 0.6) is 0 Å². The largest absolute Gasteiger partial charge is 0.478 e. The Bertz CT molecular complexity index is 599. The van der Waals surface area contributed by atoms with E-state index in [0.29, 0.717) is 0 Å². The molecule has 0 amide bonds. The van der Waals surface area contributed by atoms with Crippen molar-refractivity contribution in [1.29, 1.82) is 0 Å². The first-order valence-electron chi connectivity index (χ1n) is 5.13. The van der Waals surface area contributed by atoms with Gasteiger partial charge >= 0.3 is 5.97 Å². The SMILES string of the molecule is CC(C)=CCS(=O)(=O)c1cc(C(=O)O)ccc1F. The Morgan fingerprint density at radius 2 is 2.00 bits per heavy atom. The first kappa shape index (κ1) is 14.4. The molecule has 0 atom stereocenters. The number of carboxylic acids is 1. The zero-order chi connectivity index (χ0) is 13.9. The number of aromatic carboxylic acids is 1. The number of carboxylic acid groups (broad SMARTS) is 1. The van der Waals surface area contributed by atoms with Gasteiger partial charge in [0.1, 0.15) is 10.7 Å². The van der Waals surface area contributed by atoms with Crippen LogP contribution in [-0.2, 0) is 9.84 Å². The summed E-state index contributed by atoms with van der Waals surface area (Å²) in [6, 6.07) is 2.71. The van der Waals surface area contributed by atoms with Gasteiger partial charge in [0.2, 0.25) is 0 Å². The number of sulfone groups is 1. The Hall–Kier alpha value is -1.69. The average Bonchev–Trinajstić information content (AvgIpc) is 2.26. The standard InChI is InChI=1S/C12H13FO4S/c1-8(2)5-6-18(16,17)11-7-9(12(14)15)3-4-10(11)13/h3-5,7H,6H2,1-2H3,(H,14,15). The molecule has 0 aliphatic carbocycles. The minimum atomic E-state index is -3.86. The molecule has 0 spiro atoms. The van der Waals surface area contributed by atoms with Crippen molar-refractivity contribution in [3.05, 3.63) is 41.2 Å². The summed E-state index contributed by atoms with van der Waals surface area (Å²) in [6.45, 7) is 3.44. The third kappa shape index (κ3) is 3.40. The lowest BCUT2D eigenvalue weighted by molar-refractivity contribution is 0.0696. The van der Waals surface area contributed by atoms with Gasteiger partial charge in [-0.25, -0.2) is 17.6 Å². The molecule has 0 aromatic heterocycles. The molecule has 0 radical (unpaired) electrons. The van der Waals surface area contributed by atoms with E-state index < -0.39 is 26.5 Å². The van der Waals surface area contributed by atoms with Crippen molar-refractivity contribution in [2.45, 2.75) is 18.7 Å². The van der Waals surface area contributed by atoms with E-state index in [9.17, 15) is 17.6 Å². The third-order valence-electron chi connectivity index (χ3n) is 2.22. The van der Waals surface area contributed by atoms with Crippen molar-refractivity contribution in [3.8, 4) is 0 Å². The van der Waals surface area contributed by atoms with Crippen molar-refractivity contribution in [2.24, 2.45) is 0 Å². The zero-order valence-corrected chi connectivity index (χ0v) is 10.8. The van der Waals surface area contributed by atoms with Gasteiger partial charge < -0.3 is 5.11 Å². The Kier molecular flexibility index (Phi) is 4.24. The highest BCUT2D eigenvalue weighted by molar-refractivity contribution is 7.91. The molecule has 0 aliphatic rings. The predicted octanol–water partition coefficient (Wildman–Crippen LogP) is 2.26. The first-order chi connectivity index (χ1) is 8.24. The molecule has 6 heteroatoms. The molecule has 0 aliphatic heterocycles. The molecule has 1 rings (SSSR count). The van der Waals surface area contributed by atoms with E-state index in [1.807, 2.05) is 0 Å². The predicted molar refractivity (Wildman–Crippen MR) is 64.8 cm³/mol. The number of rotatable bonds is 4. The van der Waals surface area contributed by atoms with Crippen molar-refractivity contribution in [3.63, 3.8) is 0 Å². The quantitative estimate of drug-likeness (QED) is 0.853. The summed E-state index contributed by atoms with van der Waals surface area (Å²) in [5.74, 6) is -2.59. The minimum Gasteiger partial charge on any atom is -0.478 e. The molecule has 0 saturated heterocycles. The van der Waals surface area contributed by atoms with Gasteiger partial charge in [-0.05, 0) is 32.0 Å². The van der Waals surface area contributed by atoms with Crippen LogP contribution in [0.2, 0.25) is 0 Å². The van der Waals surface area contributed by atoms with Crippen LogP contribution in [0.1, 0.15) is 24.2 Å². The topological polar surface area (TPSA) is 71.4 Å². The second-order valence-electron chi connectivity index (χ2n) is 4.01. The first-order valence-corrected chi connectivity index (χ1v) is 6.78. The summed E-state index contributed by atoms with van der Waals surface area (Å²) in [7, 11) is -3.86. The highest BCUT2D eigenvalue weighted by atomic mass is 32.2. The van der Waals surface area contributed by atoms with E-state index in [1.165, 1.54) is 6.08 Å². The fourth-order valence-corrected chi connectivity index (χ4v) is 2.64. The summed E-state index contributed by atoms with van der Waals surface area (Å²) >= 11 is 0. The number of allylic oxidation sites excluding steroid dienone is 1. The highest BCUT2D eigenvalue weighted by Gasteiger charge is 2.20. The summed E-state index contributed by atoms with van der Waals surface area (Å²) < 4.78 is 37.2. The molecule has 0 unspecified atom stereocenters. The van der Waals surface area contributed by atoms with E-state index >= 15 is 0 Å². The van der Waals surface area contributed by atoms with Crippen LogP contribution in [-0.4, -0.2) is 25.2 Å².